The van der Waals surface area contributed by atoms with E-state index in [1.54, 1.807) is 12.1 Å². The number of nitrogens with one attached hydrogen (secondary N) is 1. The van der Waals surface area contributed by atoms with Gasteiger partial charge in [-0.05, 0) is 43.7 Å². The third kappa shape index (κ3) is 4.76. The summed E-state index contributed by atoms with van der Waals surface area (Å²) in [6.07, 6.45) is 3.97. The maximum Gasteiger partial charge on any atom is 0.267 e. The summed E-state index contributed by atoms with van der Waals surface area (Å²) in [7, 11) is -3.44. The molecule has 7 heteroatoms. The van der Waals surface area contributed by atoms with Crippen molar-refractivity contribution in [2.24, 2.45) is 0 Å². The first kappa shape index (κ1) is 17.8. The number of sulfonamides is 1. The van der Waals surface area contributed by atoms with Gasteiger partial charge in [0.15, 0.2) is 0 Å². The summed E-state index contributed by atoms with van der Waals surface area (Å²) in [6, 6.07) is 9.06. The lowest BCUT2D eigenvalue weighted by Gasteiger charge is -2.16. The van der Waals surface area contributed by atoms with Gasteiger partial charge in [-0.25, -0.2) is 17.8 Å². The first-order valence-electron chi connectivity index (χ1n) is 8.56. The van der Waals surface area contributed by atoms with Crippen molar-refractivity contribution in [2.75, 3.05) is 6.54 Å². The van der Waals surface area contributed by atoms with Crippen LogP contribution in [-0.2, 0) is 35.2 Å². The average molecular weight is 361 g/mol. The van der Waals surface area contributed by atoms with Gasteiger partial charge in [-0.3, -0.25) is 4.79 Å². The van der Waals surface area contributed by atoms with Crippen LogP contribution in [0.3, 0.4) is 0 Å². The van der Waals surface area contributed by atoms with Crippen molar-refractivity contribution in [3.63, 3.8) is 0 Å². The summed E-state index contributed by atoms with van der Waals surface area (Å²) < 4.78 is 28.3. The molecule has 0 spiro atoms. The van der Waals surface area contributed by atoms with Crippen molar-refractivity contribution in [3.8, 4) is 0 Å². The van der Waals surface area contributed by atoms with Gasteiger partial charge in [-0.1, -0.05) is 29.8 Å². The van der Waals surface area contributed by atoms with Gasteiger partial charge in [0.1, 0.15) is 0 Å². The van der Waals surface area contributed by atoms with E-state index in [2.05, 4.69) is 9.82 Å². The number of fused-ring (bicyclic) bond motifs is 1. The van der Waals surface area contributed by atoms with Crippen LogP contribution in [0.4, 0.5) is 0 Å². The first-order chi connectivity index (χ1) is 11.9. The molecule has 1 aromatic heterocycles. The Morgan fingerprint density at radius 3 is 2.80 bits per heavy atom. The third-order valence-electron chi connectivity index (χ3n) is 4.36. The molecule has 0 radical (unpaired) electrons. The number of aromatic nitrogens is 2. The Balaban J connectivity index is 1.61. The summed E-state index contributed by atoms with van der Waals surface area (Å²) in [5, 5.41) is 4.40. The normalized spacial score (nSPS) is 14.3. The second-order valence-electron chi connectivity index (χ2n) is 6.53. The van der Waals surface area contributed by atoms with E-state index >= 15 is 0 Å². The minimum atomic E-state index is -3.44. The molecule has 25 heavy (non-hydrogen) atoms. The zero-order chi connectivity index (χ0) is 17.9. The minimum absolute atomic E-state index is 0.0683. The highest BCUT2D eigenvalue weighted by atomic mass is 32.2. The lowest BCUT2D eigenvalue weighted by atomic mass is 9.97. The van der Waals surface area contributed by atoms with Gasteiger partial charge < -0.3 is 0 Å². The summed E-state index contributed by atoms with van der Waals surface area (Å²) >= 11 is 0. The van der Waals surface area contributed by atoms with Gasteiger partial charge in [-0.2, -0.15) is 5.10 Å². The molecule has 2 aromatic rings. The number of hydrogen-bond donors (Lipinski definition) is 1. The van der Waals surface area contributed by atoms with Gasteiger partial charge in [0.2, 0.25) is 10.0 Å². The molecule has 0 bridgehead atoms. The number of rotatable bonds is 6. The highest BCUT2D eigenvalue weighted by Crippen LogP contribution is 2.16. The van der Waals surface area contributed by atoms with Gasteiger partial charge in [0.25, 0.3) is 5.56 Å². The fraction of sp³-hybridized carbons (Fsp3) is 0.444. The van der Waals surface area contributed by atoms with Gasteiger partial charge in [-0.15, -0.1) is 0 Å². The van der Waals surface area contributed by atoms with E-state index in [9.17, 15) is 13.2 Å². The Kier molecular flexibility index (Phi) is 5.34. The highest BCUT2D eigenvalue weighted by Gasteiger charge is 2.14. The molecule has 6 nitrogen and oxygen atoms in total. The molecule has 0 aliphatic heterocycles. The Morgan fingerprint density at radius 1 is 1.20 bits per heavy atom. The number of hydrogen-bond acceptors (Lipinski definition) is 4. The van der Waals surface area contributed by atoms with Crippen molar-refractivity contribution < 1.29 is 8.42 Å². The zero-order valence-corrected chi connectivity index (χ0v) is 15.2. The topological polar surface area (TPSA) is 81.1 Å². The molecule has 0 saturated heterocycles. The Bertz CT molecular complexity index is 919. The van der Waals surface area contributed by atoms with Crippen LogP contribution < -0.4 is 10.3 Å². The molecule has 3 rings (SSSR count). The van der Waals surface area contributed by atoms with Crippen molar-refractivity contribution in [3.05, 3.63) is 63.1 Å². The molecule has 1 heterocycles. The molecule has 0 fully saturated rings. The van der Waals surface area contributed by atoms with E-state index in [0.29, 0.717) is 0 Å². The first-order valence-corrected chi connectivity index (χ1v) is 10.2. The summed E-state index contributed by atoms with van der Waals surface area (Å²) in [5.74, 6) is -0.0683. The second-order valence-corrected chi connectivity index (χ2v) is 8.33. The Labute approximate surface area is 147 Å². The summed E-state index contributed by atoms with van der Waals surface area (Å²) in [4.78, 5) is 12.1. The monoisotopic (exact) mass is 361 g/mol. The molecule has 134 valence electrons. The van der Waals surface area contributed by atoms with E-state index in [1.165, 1.54) is 4.68 Å². The smallest absolute Gasteiger partial charge is 0.267 e. The van der Waals surface area contributed by atoms with Crippen LogP contribution in [0.15, 0.2) is 35.1 Å². The molecule has 1 aliphatic rings. The predicted molar refractivity (Wildman–Crippen MR) is 96.9 cm³/mol. The lowest BCUT2D eigenvalue weighted by molar-refractivity contribution is 0.526. The number of benzene rings is 1. The minimum Gasteiger partial charge on any atom is -0.268 e. The van der Waals surface area contributed by atoms with Crippen molar-refractivity contribution in [1.82, 2.24) is 14.5 Å². The number of nitrogens with zero attached hydrogens (tertiary/aromatic N) is 2. The Hall–Kier alpha value is -1.99. The fourth-order valence-electron chi connectivity index (χ4n) is 3.14. The largest absolute Gasteiger partial charge is 0.268 e. The van der Waals surface area contributed by atoms with E-state index in [0.717, 1.165) is 48.1 Å². The van der Waals surface area contributed by atoms with E-state index < -0.39 is 10.0 Å². The molecular formula is C18H23N3O3S. The van der Waals surface area contributed by atoms with Crippen LogP contribution in [0, 0.1) is 6.92 Å². The number of aryl methyl sites for hydroxylation is 3. The van der Waals surface area contributed by atoms with Gasteiger partial charge >= 0.3 is 0 Å². The van der Waals surface area contributed by atoms with Crippen LogP contribution in [0.5, 0.6) is 0 Å². The van der Waals surface area contributed by atoms with Crippen LogP contribution in [0.1, 0.15) is 35.2 Å². The summed E-state index contributed by atoms with van der Waals surface area (Å²) in [6.45, 7) is 2.32. The maximum absolute atomic E-state index is 12.2. The second kappa shape index (κ2) is 7.49. The summed E-state index contributed by atoms with van der Waals surface area (Å²) in [5.41, 5.74) is 3.61. The highest BCUT2D eigenvalue weighted by molar-refractivity contribution is 7.88. The molecule has 0 unspecified atom stereocenters. The predicted octanol–water partition coefficient (Wildman–Crippen LogP) is 1.55. The van der Waals surface area contributed by atoms with Crippen molar-refractivity contribution in [2.45, 2.75) is 44.9 Å². The molecule has 0 atom stereocenters. The van der Waals surface area contributed by atoms with Gasteiger partial charge in [0, 0.05) is 12.6 Å². The lowest BCUT2D eigenvalue weighted by Crippen LogP contribution is -2.33. The SMILES string of the molecule is Cc1cccc(CS(=O)(=O)NCCn2nc3c(cc2=O)CCCC3)c1. The quantitative estimate of drug-likeness (QED) is 0.846. The standard InChI is InChI=1S/C18H23N3O3S/c1-14-5-4-6-15(11-14)13-25(23,24)19-9-10-21-18(22)12-16-7-2-3-8-17(16)20-21/h4-6,11-12,19H,2-3,7-10,13H2,1H3. The van der Waals surface area contributed by atoms with Crippen molar-refractivity contribution in [1.29, 1.82) is 0 Å². The average Bonchev–Trinajstić information content (AvgIpc) is 2.54. The van der Waals surface area contributed by atoms with Crippen LogP contribution in [-0.4, -0.2) is 24.7 Å². The third-order valence-corrected chi connectivity index (χ3v) is 5.72. The Morgan fingerprint density at radius 2 is 2.00 bits per heavy atom. The maximum atomic E-state index is 12.2. The molecule has 1 aliphatic carbocycles. The zero-order valence-electron chi connectivity index (χ0n) is 14.4. The van der Waals surface area contributed by atoms with Crippen LogP contribution in [0.25, 0.3) is 0 Å². The van der Waals surface area contributed by atoms with Crippen LogP contribution in [0.2, 0.25) is 0 Å². The molecule has 0 amide bonds. The molecule has 0 saturated carbocycles. The van der Waals surface area contributed by atoms with Gasteiger partial charge in [0.05, 0.1) is 18.0 Å². The molecular weight excluding hydrogens is 338 g/mol. The van der Waals surface area contributed by atoms with Crippen LogP contribution >= 0.6 is 0 Å². The molecule has 1 N–H and O–H groups in total. The fourth-order valence-corrected chi connectivity index (χ4v) is 4.26. The van der Waals surface area contributed by atoms with E-state index in [4.69, 9.17) is 0 Å². The van der Waals surface area contributed by atoms with E-state index in [-0.39, 0.29) is 24.4 Å². The molecule has 1 aromatic carbocycles. The van der Waals surface area contributed by atoms with E-state index in [1.807, 2.05) is 25.1 Å². The van der Waals surface area contributed by atoms with Crippen molar-refractivity contribution >= 4 is 10.0 Å².